The van der Waals surface area contributed by atoms with Crippen LogP contribution < -0.4 is 10.1 Å². The van der Waals surface area contributed by atoms with Gasteiger partial charge in [-0.05, 0) is 61.7 Å². The second kappa shape index (κ2) is 8.60. The molecule has 4 nitrogen and oxygen atoms in total. The van der Waals surface area contributed by atoms with E-state index in [0.29, 0.717) is 24.3 Å². The van der Waals surface area contributed by atoms with Gasteiger partial charge in [0, 0.05) is 12.1 Å². The normalized spacial score (nSPS) is 9.91. The van der Waals surface area contributed by atoms with Crippen molar-refractivity contribution in [3.63, 3.8) is 0 Å². The first-order chi connectivity index (χ1) is 11.2. The van der Waals surface area contributed by atoms with Gasteiger partial charge < -0.3 is 10.1 Å². The van der Waals surface area contributed by atoms with E-state index in [1.165, 1.54) is 5.56 Å². The number of nitrogens with one attached hydrogen (secondary N) is 1. The third-order valence-corrected chi connectivity index (χ3v) is 3.35. The number of carbonyl (C=O) groups excluding carboxylic acids is 1. The van der Waals surface area contributed by atoms with Gasteiger partial charge in [-0.1, -0.05) is 12.1 Å². The number of aryl methyl sites for hydroxylation is 1. The lowest BCUT2D eigenvalue weighted by atomic mass is 10.2. The van der Waals surface area contributed by atoms with E-state index in [9.17, 15) is 4.79 Å². The van der Waals surface area contributed by atoms with Crippen molar-refractivity contribution in [3.05, 3.63) is 59.7 Å². The Morgan fingerprint density at radius 2 is 1.96 bits per heavy atom. The molecule has 2 aromatic rings. The van der Waals surface area contributed by atoms with Crippen molar-refractivity contribution in [2.75, 3.05) is 11.9 Å². The summed E-state index contributed by atoms with van der Waals surface area (Å²) in [6.45, 7) is 2.63. The van der Waals surface area contributed by atoms with Crippen LogP contribution in [0.5, 0.6) is 5.75 Å². The molecule has 4 heteroatoms. The highest BCUT2D eigenvalue weighted by molar-refractivity contribution is 5.90. The van der Waals surface area contributed by atoms with Gasteiger partial charge in [-0.2, -0.15) is 5.26 Å². The van der Waals surface area contributed by atoms with Crippen LogP contribution in [0, 0.1) is 18.3 Å². The van der Waals surface area contributed by atoms with Crippen LogP contribution in [0.1, 0.15) is 30.4 Å². The van der Waals surface area contributed by atoms with Crippen LogP contribution in [0.3, 0.4) is 0 Å². The molecule has 0 unspecified atom stereocenters. The number of benzene rings is 2. The van der Waals surface area contributed by atoms with Crippen LogP contribution in [0.25, 0.3) is 0 Å². The van der Waals surface area contributed by atoms with Crippen molar-refractivity contribution >= 4 is 11.6 Å². The minimum absolute atomic E-state index is 0.0229. The van der Waals surface area contributed by atoms with Crippen molar-refractivity contribution in [2.24, 2.45) is 0 Å². The Bertz CT molecular complexity index is 687. The summed E-state index contributed by atoms with van der Waals surface area (Å²) in [5.74, 6) is 0.845. The largest absolute Gasteiger partial charge is 0.494 e. The Kier molecular flexibility index (Phi) is 6.19. The molecule has 118 valence electrons. The number of unbranched alkanes of at least 4 members (excludes halogenated alkanes) is 1. The number of nitriles is 1. The summed E-state index contributed by atoms with van der Waals surface area (Å²) in [6, 6.07) is 16.8. The Morgan fingerprint density at radius 3 is 2.65 bits per heavy atom. The Balaban J connectivity index is 1.64. The molecule has 0 aromatic heterocycles. The van der Waals surface area contributed by atoms with Crippen molar-refractivity contribution in [1.29, 1.82) is 5.26 Å². The fraction of sp³-hybridized carbons (Fsp3) is 0.263. The molecule has 0 aliphatic carbocycles. The summed E-state index contributed by atoms with van der Waals surface area (Å²) >= 11 is 0. The number of carbonyl (C=O) groups is 1. The van der Waals surface area contributed by atoms with Crippen molar-refractivity contribution in [3.8, 4) is 11.8 Å². The Morgan fingerprint density at radius 1 is 1.17 bits per heavy atom. The second-order valence-electron chi connectivity index (χ2n) is 5.36. The van der Waals surface area contributed by atoms with Gasteiger partial charge in [0.25, 0.3) is 0 Å². The second-order valence-corrected chi connectivity index (χ2v) is 5.36. The molecule has 0 spiro atoms. The molecule has 1 N–H and O–H groups in total. The molecule has 0 heterocycles. The monoisotopic (exact) mass is 308 g/mol. The van der Waals surface area contributed by atoms with Crippen molar-refractivity contribution in [2.45, 2.75) is 26.2 Å². The predicted octanol–water partition coefficient (Wildman–Crippen LogP) is 4.05. The lowest BCUT2D eigenvalue weighted by Gasteiger charge is -2.07. The lowest BCUT2D eigenvalue weighted by molar-refractivity contribution is -0.116. The van der Waals surface area contributed by atoms with Gasteiger partial charge in [-0.3, -0.25) is 4.79 Å². The average Bonchev–Trinajstić information content (AvgIpc) is 2.55. The topological polar surface area (TPSA) is 62.1 Å². The number of amides is 1. The van der Waals surface area contributed by atoms with Gasteiger partial charge in [0.1, 0.15) is 5.75 Å². The zero-order chi connectivity index (χ0) is 16.5. The van der Waals surface area contributed by atoms with Crippen LogP contribution in [-0.2, 0) is 4.79 Å². The van der Waals surface area contributed by atoms with Gasteiger partial charge in [-0.25, -0.2) is 0 Å². The highest BCUT2D eigenvalue weighted by Crippen LogP contribution is 2.13. The quantitative estimate of drug-likeness (QED) is 0.785. The van der Waals surface area contributed by atoms with E-state index in [1.807, 2.05) is 37.3 Å². The number of anilines is 1. The molecule has 0 bridgehead atoms. The Hall–Kier alpha value is -2.80. The fourth-order valence-electron chi connectivity index (χ4n) is 2.13. The first kappa shape index (κ1) is 16.6. The predicted molar refractivity (Wildman–Crippen MR) is 90.3 cm³/mol. The number of ether oxygens (including phenoxy) is 1. The average molecular weight is 308 g/mol. The van der Waals surface area contributed by atoms with Gasteiger partial charge in [0.15, 0.2) is 0 Å². The molecular weight excluding hydrogens is 288 g/mol. The molecule has 0 saturated carbocycles. The SMILES string of the molecule is Cc1cccc(OCCCCC(=O)Nc2ccc(C#N)cc2)c1. The van der Waals surface area contributed by atoms with E-state index in [-0.39, 0.29) is 5.91 Å². The number of hydrogen-bond acceptors (Lipinski definition) is 3. The molecule has 0 aliphatic rings. The standard InChI is InChI=1S/C19H20N2O2/c1-15-5-4-6-18(13-15)23-12-3-2-7-19(22)21-17-10-8-16(14-20)9-11-17/h4-6,8-11,13H,2-3,7,12H2,1H3,(H,21,22). The molecular formula is C19H20N2O2. The summed E-state index contributed by atoms with van der Waals surface area (Å²) < 4.78 is 5.65. The van der Waals surface area contributed by atoms with Crippen LogP contribution in [0.15, 0.2) is 48.5 Å². The minimum atomic E-state index is -0.0229. The van der Waals surface area contributed by atoms with Crippen molar-refractivity contribution < 1.29 is 9.53 Å². The van der Waals surface area contributed by atoms with E-state index < -0.39 is 0 Å². The van der Waals surface area contributed by atoms with Gasteiger partial charge >= 0.3 is 0 Å². The first-order valence-corrected chi connectivity index (χ1v) is 7.67. The lowest BCUT2D eigenvalue weighted by Crippen LogP contribution is -2.11. The molecule has 2 rings (SSSR count). The van der Waals surface area contributed by atoms with Crippen LogP contribution >= 0.6 is 0 Å². The summed E-state index contributed by atoms with van der Waals surface area (Å²) in [6.07, 6.45) is 2.06. The maximum atomic E-state index is 11.8. The van der Waals surface area contributed by atoms with E-state index in [2.05, 4.69) is 5.32 Å². The number of rotatable bonds is 7. The molecule has 1 amide bonds. The summed E-state index contributed by atoms with van der Waals surface area (Å²) in [5, 5.41) is 11.5. The van der Waals surface area contributed by atoms with E-state index in [0.717, 1.165) is 18.6 Å². The Labute approximate surface area is 136 Å². The smallest absolute Gasteiger partial charge is 0.224 e. The minimum Gasteiger partial charge on any atom is -0.494 e. The van der Waals surface area contributed by atoms with Crippen LogP contribution in [0.4, 0.5) is 5.69 Å². The molecule has 0 atom stereocenters. The van der Waals surface area contributed by atoms with Gasteiger partial charge in [0.2, 0.25) is 5.91 Å². The third-order valence-electron chi connectivity index (χ3n) is 3.35. The highest BCUT2D eigenvalue weighted by atomic mass is 16.5. The zero-order valence-electron chi connectivity index (χ0n) is 13.2. The molecule has 0 aliphatic heterocycles. The van der Waals surface area contributed by atoms with Crippen LogP contribution in [-0.4, -0.2) is 12.5 Å². The molecule has 23 heavy (non-hydrogen) atoms. The molecule has 2 aromatic carbocycles. The third kappa shape index (κ3) is 5.84. The summed E-state index contributed by atoms with van der Waals surface area (Å²) in [5.41, 5.74) is 2.46. The first-order valence-electron chi connectivity index (χ1n) is 7.67. The maximum absolute atomic E-state index is 11.8. The maximum Gasteiger partial charge on any atom is 0.224 e. The fourth-order valence-corrected chi connectivity index (χ4v) is 2.13. The molecule has 0 radical (unpaired) electrons. The van der Waals surface area contributed by atoms with Crippen molar-refractivity contribution in [1.82, 2.24) is 0 Å². The van der Waals surface area contributed by atoms with E-state index >= 15 is 0 Å². The highest BCUT2D eigenvalue weighted by Gasteiger charge is 2.03. The summed E-state index contributed by atoms with van der Waals surface area (Å²) in [7, 11) is 0. The molecule has 0 saturated heterocycles. The number of nitrogens with zero attached hydrogens (tertiary/aromatic N) is 1. The number of hydrogen-bond donors (Lipinski definition) is 1. The molecule has 0 fully saturated rings. The van der Waals surface area contributed by atoms with Crippen LogP contribution in [0.2, 0.25) is 0 Å². The van der Waals surface area contributed by atoms with E-state index in [1.54, 1.807) is 24.3 Å². The van der Waals surface area contributed by atoms with Gasteiger partial charge in [0.05, 0.1) is 18.2 Å². The van der Waals surface area contributed by atoms with E-state index in [4.69, 9.17) is 10.00 Å². The zero-order valence-corrected chi connectivity index (χ0v) is 13.2. The summed E-state index contributed by atoms with van der Waals surface area (Å²) in [4.78, 5) is 11.8. The van der Waals surface area contributed by atoms with Gasteiger partial charge in [-0.15, -0.1) is 0 Å².